The summed E-state index contributed by atoms with van der Waals surface area (Å²) in [7, 11) is 0. The fourth-order valence-electron chi connectivity index (χ4n) is 1.10. The Morgan fingerprint density at radius 2 is 2.17 bits per heavy atom. The molecule has 0 amide bonds. The van der Waals surface area contributed by atoms with Crippen LogP contribution in [0, 0.1) is 12.0 Å². The lowest BCUT2D eigenvalue weighted by Gasteiger charge is -2.22. The molecule has 1 atom stereocenters. The van der Waals surface area contributed by atoms with Gasteiger partial charge in [-0.05, 0) is 34.1 Å². The van der Waals surface area contributed by atoms with E-state index in [1.807, 2.05) is 6.92 Å². The first-order chi connectivity index (χ1) is 5.76. The topological polar surface area (TPSA) is 3.24 Å². The predicted octanol–water partition coefficient (Wildman–Crippen LogP) is 2.64. The van der Waals surface area contributed by atoms with E-state index < -0.39 is 0 Å². The Kier molecular flexibility index (Phi) is 6.28. The Hall–Kier alpha value is -0.900. The number of nitrogens with zero attached hydrogens (tertiary/aromatic N) is 1. The highest BCUT2D eigenvalue weighted by Gasteiger charge is 2.04. The molecule has 0 fully saturated rings. The lowest BCUT2D eigenvalue weighted by Crippen LogP contribution is -2.27. The van der Waals surface area contributed by atoms with Gasteiger partial charge in [0.1, 0.15) is 0 Å². The highest BCUT2D eigenvalue weighted by molar-refractivity contribution is 4.97. The van der Waals surface area contributed by atoms with Crippen molar-refractivity contribution >= 4 is 0 Å². The Morgan fingerprint density at radius 3 is 2.58 bits per heavy atom. The Bertz CT molecular complexity index is 183. The monoisotopic (exact) mass is 165 g/mol. The lowest BCUT2D eigenvalue weighted by atomic mass is 10.2. The Morgan fingerprint density at radius 1 is 1.50 bits per heavy atom. The SMILES string of the molecule is CC#CN(CC)C(C)CC=CC. The van der Waals surface area contributed by atoms with Crippen LogP contribution in [0.15, 0.2) is 12.2 Å². The molecule has 0 radical (unpaired) electrons. The molecule has 0 N–H and O–H groups in total. The quantitative estimate of drug-likeness (QED) is 0.351. The second kappa shape index (κ2) is 6.79. The van der Waals surface area contributed by atoms with Gasteiger partial charge in [-0.25, -0.2) is 0 Å². The average molecular weight is 165 g/mol. The summed E-state index contributed by atoms with van der Waals surface area (Å²) >= 11 is 0. The standard InChI is InChI=1S/C11H19N/c1-5-8-9-11(4)12(7-3)10-6-2/h5,8,11H,7,9H2,1-4H3. The van der Waals surface area contributed by atoms with Gasteiger partial charge in [-0.2, -0.15) is 0 Å². The van der Waals surface area contributed by atoms with Crippen LogP contribution in [-0.2, 0) is 0 Å². The molecule has 0 saturated heterocycles. The minimum atomic E-state index is 0.527. The normalized spacial score (nSPS) is 12.3. The van der Waals surface area contributed by atoms with Gasteiger partial charge in [0, 0.05) is 18.6 Å². The van der Waals surface area contributed by atoms with Crippen LogP contribution in [0.3, 0.4) is 0 Å². The molecule has 0 heterocycles. The summed E-state index contributed by atoms with van der Waals surface area (Å²) in [4.78, 5) is 2.17. The molecule has 0 rings (SSSR count). The summed E-state index contributed by atoms with van der Waals surface area (Å²) < 4.78 is 0. The van der Waals surface area contributed by atoms with Crippen LogP contribution < -0.4 is 0 Å². The van der Waals surface area contributed by atoms with Crippen molar-refractivity contribution in [3.8, 4) is 12.0 Å². The predicted molar refractivity (Wildman–Crippen MR) is 54.7 cm³/mol. The van der Waals surface area contributed by atoms with Crippen LogP contribution in [0.25, 0.3) is 0 Å². The second-order valence-electron chi connectivity index (χ2n) is 2.80. The van der Waals surface area contributed by atoms with E-state index in [4.69, 9.17) is 0 Å². The molecule has 0 aromatic rings. The molecule has 1 nitrogen and oxygen atoms in total. The minimum Gasteiger partial charge on any atom is -0.330 e. The maximum atomic E-state index is 3.09. The number of allylic oxidation sites excluding steroid dienone is 1. The molecule has 0 aliphatic heterocycles. The molecule has 0 aliphatic carbocycles. The molecule has 0 saturated carbocycles. The zero-order valence-electron chi connectivity index (χ0n) is 8.59. The van der Waals surface area contributed by atoms with Gasteiger partial charge in [-0.15, -0.1) is 0 Å². The molecule has 1 heteroatoms. The zero-order valence-corrected chi connectivity index (χ0v) is 8.59. The van der Waals surface area contributed by atoms with Crippen molar-refractivity contribution in [1.29, 1.82) is 0 Å². The zero-order chi connectivity index (χ0) is 9.40. The molecule has 0 bridgehead atoms. The third-order valence-corrected chi connectivity index (χ3v) is 1.84. The number of hydrogen-bond donors (Lipinski definition) is 0. The van der Waals surface area contributed by atoms with Crippen molar-refractivity contribution in [3.63, 3.8) is 0 Å². The first kappa shape index (κ1) is 11.1. The Labute approximate surface area is 76.5 Å². The number of hydrogen-bond acceptors (Lipinski definition) is 1. The van der Waals surface area contributed by atoms with Gasteiger partial charge < -0.3 is 4.90 Å². The van der Waals surface area contributed by atoms with Crippen LogP contribution in [0.1, 0.15) is 34.1 Å². The van der Waals surface area contributed by atoms with E-state index in [0.717, 1.165) is 13.0 Å². The van der Waals surface area contributed by atoms with E-state index in [9.17, 15) is 0 Å². The summed E-state index contributed by atoms with van der Waals surface area (Å²) in [5, 5.41) is 0. The van der Waals surface area contributed by atoms with Crippen molar-refractivity contribution in [2.24, 2.45) is 0 Å². The van der Waals surface area contributed by atoms with Crippen LogP contribution in [0.2, 0.25) is 0 Å². The summed E-state index contributed by atoms with van der Waals surface area (Å²) in [5.41, 5.74) is 0. The van der Waals surface area contributed by atoms with Crippen molar-refractivity contribution in [1.82, 2.24) is 4.90 Å². The van der Waals surface area contributed by atoms with Gasteiger partial charge in [0.2, 0.25) is 0 Å². The van der Waals surface area contributed by atoms with E-state index in [1.54, 1.807) is 0 Å². The molecule has 68 valence electrons. The highest BCUT2D eigenvalue weighted by Crippen LogP contribution is 2.02. The van der Waals surface area contributed by atoms with Gasteiger partial charge in [-0.3, -0.25) is 0 Å². The van der Waals surface area contributed by atoms with Crippen LogP contribution in [-0.4, -0.2) is 17.5 Å². The maximum Gasteiger partial charge on any atom is 0.0377 e. The van der Waals surface area contributed by atoms with E-state index >= 15 is 0 Å². The van der Waals surface area contributed by atoms with Crippen molar-refractivity contribution < 1.29 is 0 Å². The van der Waals surface area contributed by atoms with Crippen molar-refractivity contribution in [3.05, 3.63) is 12.2 Å². The fourth-order valence-corrected chi connectivity index (χ4v) is 1.10. The Balaban J connectivity index is 3.99. The molecule has 0 aliphatic rings. The van der Waals surface area contributed by atoms with E-state index in [-0.39, 0.29) is 0 Å². The summed E-state index contributed by atoms with van der Waals surface area (Å²) in [6.07, 6.45) is 5.35. The number of rotatable bonds is 4. The maximum absolute atomic E-state index is 3.09. The summed E-state index contributed by atoms with van der Waals surface area (Å²) in [6.45, 7) is 9.27. The van der Waals surface area contributed by atoms with Gasteiger partial charge in [0.25, 0.3) is 0 Å². The second-order valence-corrected chi connectivity index (χ2v) is 2.80. The molecular formula is C11H19N. The largest absolute Gasteiger partial charge is 0.330 e. The third kappa shape index (κ3) is 4.08. The van der Waals surface area contributed by atoms with Crippen LogP contribution in [0.5, 0.6) is 0 Å². The van der Waals surface area contributed by atoms with Crippen molar-refractivity contribution in [2.75, 3.05) is 6.54 Å². The highest BCUT2D eigenvalue weighted by atomic mass is 15.1. The van der Waals surface area contributed by atoms with Crippen LogP contribution in [0.4, 0.5) is 0 Å². The molecule has 12 heavy (non-hydrogen) atoms. The molecule has 0 aromatic carbocycles. The van der Waals surface area contributed by atoms with Gasteiger partial charge in [0.05, 0.1) is 0 Å². The third-order valence-electron chi connectivity index (χ3n) is 1.84. The van der Waals surface area contributed by atoms with Crippen LogP contribution >= 0.6 is 0 Å². The van der Waals surface area contributed by atoms with Gasteiger partial charge >= 0.3 is 0 Å². The molecule has 1 unspecified atom stereocenters. The lowest BCUT2D eigenvalue weighted by molar-refractivity contribution is 0.328. The molecule has 0 aromatic heterocycles. The van der Waals surface area contributed by atoms with E-state index in [0.29, 0.717) is 6.04 Å². The van der Waals surface area contributed by atoms with E-state index in [2.05, 4.69) is 49.8 Å². The summed E-state index contributed by atoms with van der Waals surface area (Å²) in [6, 6.07) is 3.62. The average Bonchev–Trinajstić information content (AvgIpc) is 2.10. The summed E-state index contributed by atoms with van der Waals surface area (Å²) in [5.74, 6) is 2.93. The van der Waals surface area contributed by atoms with Gasteiger partial charge in [-0.1, -0.05) is 18.1 Å². The first-order valence-electron chi connectivity index (χ1n) is 4.56. The fraction of sp³-hybridized carbons (Fsp3) is 0.636. The van der Waals surface area contributed by atoms with Crippen molar-refractivity contribution in [2.45, 2.75) is 40.2 Å². The van der Waals surface area contributed by atoms with Gasteiger partial charge in [0.15, 0.2) is 0 Å². The first-order valence-corrected chi connectivity index (χ1v) is 4.56. The smallest absolute Gasteiger partial charge is 0.0377 e. The molecular weight excluding hydrogens is 146 g/mol. The molecule has 0 spiro atoms. The minimum absolute atomic E-state index is 0.527. The van der Waals surface area contributed by atoms with E-state index in [1.165, 1.54) is 0 Å².